The summed E-state index contributed by atoms with van der Waals surface area (Å²) in [4.78, 5) is 14.1. The van der Waals surface area contributed by atoms with Crippen molar-refractivity contribution in [3.05, 3.63) is 34.3 Å². The average molecular weight is 341 g/mol. The number of nitrogens with zero attached hydrogens (tertiary/aromatic N) is 1. The summed E-state index contributed by atoms with van der Waals surface area (Å²) in [5.41, 5.74) is 6.87. The Hall–Kier alpha value is -0.870. The average Bonchev–Trinajstić information content (AvgIpc) is 2.37. The Labute approximate surface area is 130 Å². The highest BCUT2D eigenvalue weighted by Crippen LogP contribution is 2.16. The minimum atomic E-state index is 0.0610. The van der Waals surface area contributed by atoms with Crippen LogP contribution in [0, 0.1) is 5.92 Å². The minimum absolute atomic E-state index is 0.0610. The summed E-state index contributed by atoms with van der Waals surface area (Å²) in [5, 5.41) is 0. The van der Waals surface area contributed by atoms with Crippen LogP contribution in [0.2, 0.25) is 0 Å². The van der Waals surface area contributed by atoms with Crippen LogP contribution in [-0.4, -0.2) is 23.9 Å². The van der Waals surface area contributed by atoms with Gasteiger partial charge in [0.25, 0.3) is 0 Å². The first-order chi connectivity index (χ1) is 9.40. The van der Waals surface area contributed by atoms with Gasteiger partial charge in [0.1, 0.15) is 0 Å². The van der Waals surface area contributed by atoms with E-state index in [1.54, 1.807) is 4.90 Å². The van der Waals surface area contributed by atoms with Crippen LogP contribution in [-0.2, 0) is 11.3 Å². The van der Waals surface area contributed by atoms with Gasteiger partial charge in [0.15, 0.2) is 0 Å². The highest BCUT2D eigenvalue weighted by atomic mass is 79.9. The van der Waals surface area contributed by atoms with Crippen molar-refractivity contribution in [3.63, 3.8) is 0 Å². The van der Waals surface area contributed by atoms with Crippen molar-refractivity contribution in [2.24, 2.45) is 11.7 Å². The summed E-state index contributed by atoms with van der Waals surface area (Å²) in [6, 6.07) is 8.28. The zero-order valence-electron chi connectivity index (χ0n) is 12.6. The van der Waals surface area contributed by atoms with Gasteiger partial charge in [-0.15, -0.1) is 0 Å². The number of nitrogens with two attached hydrogens (primary N) is 1. The SMILES string of the molecule is CC(N)CCCC(C)C(=O)N(C)Cc1cccc(Br)c1. The van der Waals surface area contributed by atoms with Crippen LogP contribution in [0.25, 0.3) is 0 Å². The van der Waals surface area contributed by atoms with Gasteiger partial charge in [0.05, 0.1) is 0 Å². The molecule has 2 N–H and O–H groups in total. The third-order valence-electron chi connectivity index (χ3n) is 3.40. The Morgan fingerprint density at radius 3 is 2.65 bits per heavy atom. The second-order valence-electron chi connectivity index (χ2n) is 5.63. The van der Waals surface area contributed by atoms with Crippen molar-refractivity contribution >= 4 is 21.8 Å². The number of carbonyl (C=O) groups is 1. The monoisotopic (exact) mass is 340 g/mol. The molecule has 0 aromatic heterocycles. The van der Waals surface area contributed by atoms with E-state index in [4.69, 9.17) is 5.73 Å². The van der Waals surface area contributed by atoms with Gasteiger partial charge in [0.2, 0.25) is 5.91 Å². The quantitative estimate of drug-likeness (QED) is 0.824. The van der Waals surface area contributed by atoms with Gasteiger partial charge in [-0.1, -0.05) is 41.4 Å². The molecule has 1 rings (SSSR count). The number of halogens is 1. The molecule has 0 fully saturated rings. The van der Waals surface area contributed by atoms with Crippen molar-refractivity contribution in [1.29, 1.82) is 0 Å². The lowest BCUT2D eigenvalue weighted by Gasteiger charge is -2.22. The second kappa shape index (κ2) is 8.42. The molecule has 0 aliphatic heterocycles. The molecule has 0 saturated heterocycles. The number of hydrogen-bond donors (Lipinski definition) is 1. The van der Waals surface area contributed by atoms with E-state index in [2.05, 4.69) is 15.9 Å². The first-order valence-corrected chi connectivity index (χ1v) is 7.94. The van der Waals surface area contributed by atoms with Gasteiger partial charge in [-0.25, -0.2) is 0 Å². The Morgan fingerprint density at radius 2 is 2.05 bits per heavy atom. The molecule has 0 saturated carbocycles. The van der Waals surface area contributed by atoms with Crippen LogP contribution >= 0.6 is 15.9 Å². The molecule has 0 heterocycles. The largest absolute Gasteiger partial charge is 0.341 e. The highest BCUT2D eigenvalue weighted by molar-refractivity contribution is 9.10. The smallest absolute Gasteiger partial charge is 0.225 e. The van der Waals surface area contributed by atoms with Crippen LogP contribution in [0.5, 0.6) is 0 Å². The van der Waals surface area contributed by atoms with E-state index in [1.165, 1.54) is 0 Å². The lowest BCUT2D eigenvalue weighted by atomic mass is 10.0. The van der Waals surface area contributed by atoms with Gasteiger partial charge in [-0.05, 0) is 37.5 Å². The first-order valence-electron chi connectivity index (χ1n) is 7.15. The Morgan fingerprint density at radius 1 is 1.35 bits per heavy atom. The number of carbonyl (C=O) groups excluding carboxylic acids is 1. The zero-order chi connectivity index (χ0) is 15.1. The van der Waals surface area contributed by atoms with E-state index < -0.39 is 0 Å². The molecule has 1 aromatic rings. The molecular formula is C16H25BrN2O. The number of hydrogen-bond acceptors (Lipinski definition) is 2. The molecule has 0 spiro atoms. The van der Waals surface area contributed by atoms with Crippen molar-refractivity contribution < 1.29 is 4.79 Å². The van der Waals surface area contributed by atoms with E-state index in [9.17, 15) is 4.79 Å². The number of amides is 1. The topological polar surface area (TPSA) is 46.3 Å². The summed E-state index contributed by atoms with van der Waals surface area (Å²) in [7, 11) is 1.87. The van der Waals surface area contributed by atoms with Crippen LogP contribution in [0.15, 0.2) is 28.7 Å². The fraction of sp³-hybridized carbons (Fsp3) is 0.562. The lowest BCUT2D eigenvalue weighted by molar-refractivity contribution is -0.134. The third-order valence-corrected chi connectivity index (χ3v) is 3.90. The van der Waals surface area contributed by atoms with E-state index >= 15 is 0 Å². The molecule has 2 unspecified atom stereocenters. The minimum Gasteiger partial charge on any atom is -0.341 e. The van der Waals surface area contributed by atoms with Gasteiger partial charge in [0, 0.05) is 30.0 Å². The van der Waals surface area contributed by atoms with E-state index in [-0.39, 0.29) is 17.9 Å². The molecule has 2 atom stereocenters. The summed E-state index contributed by atoms with van der Waals surface area (Å²) in [5.74, 6) is 0.264. The predicted molar refractivity (Wildman–Crippen MR) is 87.3 cm³/mol. The Balaban J connectivity index is 2.45. The molecule has 0 aliphatic carbocycles. The van der Waals surface area contributed by atoms with Crippen LogP contribution in [0.4, 0.5) is 0 Å². The van der Waals surface area contributed by atoms with Crippen molar-refractivity contribution in [2.75, 3.05) is 7.05 Å². The second-order valence-corrected chi connectivity index (χ2v) is 6.55. The molecule has 0 radical (unpaired) electrons. The molecule has 0 bridgehead atoms. The zero-order valence-corrected chi connectivity index (χ0v) is 14.2. The van der Waals surface area contributed by atoms with Crippen molar-refractivity contribution in [2.45, 2.75) is 45.7 Å². The number of rotatable bonds is 7. The van der Waals surface area contributed by atoms with Gasteiger partial charge < -0.3 is 10.6 Å². The summed E-state index contributed by atoms with van der Waals surface area (Å²) in [6.45, 7) is 4.66. The van der Waals surface area contributed by atoms with Crippen LogP contribution < -0.4 is 5.73 Å². The van der Waals surface area contributed by atoms with Gasteiger partial charge >= 0.3 is 0 Å². The molecule has 112 valence electrons. The summed E-state index contributed by atoms with van der Waals surface area (Å²) < 4.78 is 1.04. The maximum Gasteiger partial charge on any atom is 0.225 e. The number of benzene rings is 1. The van der Waals surface area contributed by atoms with Crippen molar-refractivity contribution in [3.8, 4) is 0 Å². The fourth-order valence-electron chi connectivity index (χ4n) is 2.23. The maximum absolute atomic E-state index is 12.3. The van der Waals surface area contributed by atoms with Gasteiger partial charge in [-0.3, -0.25) is 4.79 Å². The maximum atomic E-state index is 12.3. The van der Waals surface area contributed by atoms with Crippen molar-refractivity contribution in [1.82, 2.24) is 4.90 Å². The summed E-state index contributed by atoms with van der Waals surface area (Å²) in [6.07, 6.45) is 2.89. The highest BCUT2D eigenvalue weighted by Gasteiger charge is 2.17. The molecule has 1 aromatic carbocycles. The standard InChI is InChI=1S/C16H25BrN2O/c1-12(6-4-7-13(2)18)16(20)19(3)11-14-8-5-9-15(17)10-14/h5,8-10,12-13H,4,6-7,11,18H2,1-3H3. The third kappa shape index (κ3) is 6.06. The van der Waals surface area contributed by atoms with Crippen LogP contribution in [0.1, 0.15) is 38.7 Å². The Kier molecular flexibility index (Phi) is 7.24. The van der Waals surface area contributed by atoms with Gasteiger partial charge in [-0.2, -0.15) is 0 Å². The fourth-order valence-corrected chi connectivity index (χ4v) is 2.68. The Bertz CT molecular complexity index is 434. The molecule has 1 amide bonds. The van der Waals surface area contributed by atoms with E-state index in [0.29, 0.717) is 6.54 Å². The normalized spacial score (nSPS) is 13.8. The summed E-state index contributed by atoms with van der Waals surface area (Å²) >= 11 is 3.45. The predicted octanol–water partition coefficient (Wildman–Crippen LogP) is 3.56. The molecule has 0 aliphatic rings. The molecule has 20 heavy (non-hydrogen) atoms. The lowest BCUT2D eigenvalue weighted by Crippen LogP contribution is -2.31. The molecule has 4 heteroatoms. The van der Waals surface area contributed by atoms with E-state index in [1.807, 2.05) is 45.2 Å². The molecular weight excluding hydrogens is 316 g/mol. The van der Waals surface area contributed by atoms with Crippen LogP contribution in [0.3, 0.4) is 0 Å². The van der Waals surface area contributed by atoms with E-state index in [0.717, 1.165) is 29.3 Å². The first kappa shape index (κ1) is 17.2. The molecule has 3 nitrogen and oxygen atoms in total.